The number of imidazole rings is 1. The lowest BCUT2D eigenvalue weighted by Crippen LogP contribution is -2.23. The zero-order valence-electron chi connectivity index (χ0n) is 11.1. The Hall–Kier alpha value is -1.11. The molecule has 0 bridgehead atoms. The zero-order valence-corrected chi connectivity index (χ0v) is 12.0. The second kappa shape index (κ2) is 6.17. The summed E-state index contributed by atoms with van der Waals surface area (Å²) in [6, 6.07) is 0. The Morgan fingerprint density at radius 1 is 1.56 bits per heavy atom. The van der Waals surface area contributed by atoms with Gasteiger partial charge in [0, 0.05) is 45.4 Å². The molecular formula is C12H20N4OS. The molecule has 18 heavy (non-hydrogen) atoms. The van der Waals surface area contributed by atoms with Crippen molar-refractivity contribution < 1.29 is 4.74 Å². The molecule has 100 valence electrons. The van der Waals surface area contributed by atoms with E-state index in [1.165, 1.54) is 5.69 Å². The highest BCUT2D eigenvalue weighted by atomic mass is 32.1. The van der Waals surface area contributed by atoms with Crippen molar-refractivity contribution in [1.29, 1.82) is 0 Å². The number of fused-ring (bicyclic) bond motifs is 1. The van der Waals surface area contributed by atoms with E-state index < -0.39 is 0 Å². The molecule has 2 heterocycles. The molecule has 0 amide bonds. The van der Waals surface area contributed by atoms with Gasteiger partial charge in [-0.15, -0.1) is 11.3 Å². The number of thiazole rings is 1. The minimum atomic E-state index is 0.727. The molecule has 6 heteroatoms. The van der Waals surface area contributed by atoms with E-state index in [0.29, 0.717) is 0 Å². The van der Waals surface area contributed by atoms with Gasteiger partial charge in [-0.05, 0) is 6.92 Å². The summed E-state index contributed by atoms with van der Waals surface area (Å²) in [6.07, 6.45) is 2.08. The van der Waals surface area contributed by atoms with Gasteiger partial charge in [-0.3, -0.25) is 4.40 Å². The number of rotatable bonds is 7. The van der Waals surface area contributed by atoms with E-state index in [9.17, 15) is 0 Å². The molecule has 0 spiro atoms. The summed E-state index contributed by atoms with van der Waals surface area (Å²) in [5, 5.41) is 5.45. The number of nitrogens with one attached hydrogen (secondary N) is 1. The van der Waals surface area contributed by atoms with Crippen LogP contribution in [0.4, 0.5) is 5.82 Å². The molecule has 1 N–H and O–H groups in total. The van der Waals surface area contributed by atoms with Crippen LogP contribution in [-0.2, 0) is 11.3 Å². The lowest BCUT2D eigenvalue weighted by molar-refractivity contribution is 0.199. The molecule has 0 fully saturated rings. The number of ether oxygens (including phenoxy) is 1. The Kier molecular flexibility index (Phi) is 4.57. The first-order valence-corrected chi connectivity index (χ1v) is 7.01. The zero-order chi connectivity index (χ0) is 13.0. The van der Waals surface area contributed by atoms with Crippen molar-refractivity contribution in [3.63, 3.8) is 0 Å². The normalized spacial score (nSPS) is 11.3. The van der Waals surface area contributed by atoms with Crippen molar-refractivity contribution in [3.8, 4) is 0 Å². The van der Waals surface area contributed by atoms with Gasteiger partial charge < -0.3 is 15.0 Å². The molecule has 0 saturated heterocycles. The Labute approximate surface area is 111 Å². The Morgan fingerprint density at radius 3 is 3.11 bits per heavy atom. The van der Waals surface area contributed by atoms with Crippen LogP contribution in [0.25, 0.3) is 4.96 Å². The van der Waals surface area contributed by atoms with E-state index in [1.807, 2.05) is 0 Å². The highest BCUT2D eigenvalue weighted by Gasteiger charge is 2.15. The predicted molar refractivity (Wildman–Crippen MR) is 75.6 cm³/mol. The minimum absolute atomic E-state index is 0.727. The smallest absolute Gasteiger partial charge is 0.195 e. The van der Waals surface area contributed by atoms with Gasteiger partial charge in [-0.2, -0.15) is 0 Å². The molecule has 0 saturated carbocycles. The van der Waals surface area contributed by atoms with Crippen molar-refractivity contribution in [2.45, 2.75) is 13.5 Å². The lowest BCUT2D eigenvalue weighted by atomic mass is 10.4. The third-order valence-electron chi connectivity index (χ3n) is 2.95. The van der Waals surface area contributed by atoms with Crippen LogP contribution >= 0.6 is 11.3 Å². The maximum absolute atomic E-state index is 5.04. The first-order valence-electron chi connectivity index (χ1n) is 6.13. The van der Waals surface area contributed by atoms with Crippen molar-refractivity contribution in [2.75, 3.05) is 38.8 Å². The Balaban J connectivity index is 2.18. The van der Waals surface area contributed by atoms with E-state index in [1.54, 1.807) is 18.4 Å². The van der Waals surface area contributed by atoms with E-state index in [2.05, 4.69) is 45.1 Å². The summed E-state index contributed by atoms with van der Waals surface area (Å²) < 4.78 is 7.20. The topological polar surface area (TPSA) is 41.8 Å². The number of aromatic nitrogens is 2. The molecular weight excluding hydrogens is 248 g/mol. The van der Waals surface area contributed by atoms with Gasteiger partial charge in [0.05, 0.1) is 12.3 Å². The summed E-state index contributed by atoms with van der Waals surface area (Å²) in [5.41, 5.74) is 1.21. The fourth-order valence-corrected chi connectivity index (χ4v) is 2.55. The number of hydrogen-bond donors (Lipinski definition) is 1. The van der Waals surface area contributed by atoms with Gasteiger partial charge in [-0.25, -0.2) is 4.98 Å². The van der Waals surface area contributed by atoms with E-state index in [0.717, 1.165) is 37.0 Å². The molecule has 0 atom stereocenters. The molecule has 2 rings (SSSR count). The molecule has 0 aliphatic heterocycles. The lowest BCUT2D eigenvalue weighted by Gasteiger charge is -2.16. The van der Waals surface area contributed by atoms with Gasteiger partial charge in [0.15, 0.2) is 10.8 Å². The first kappa shape index (κ1) is 13.3. The average molecular weight is 268 g/mol. The predicted octanol–water partition coefficient (Wildman–Crippen LogP) is 1.59. The average Bonchev–Trinajstić information content (AvgIpc) is 2.95. The molecule has 2 aromatic heterocycles. The van der Waals surface area contributed by atoms with Crippen LogP contribution in [-0.4, -0.2) is 43.2 Å². The first-order chi connectivity index (χ1) is 8.77. The summed E-state index contributed by atoms with van der Waals surface area (Å²) in [7, 11) is 3.79. The molecule has 0 aliphatic rings. The molecule has 5 nitrogen and oxygen atoms in total. The number of methoxy groups -OCH3 is 1. The van der Waals surface area contributed by atoms with Crippen LogP contribution in [0.1, 0.15) is 12.6 Å². The third kappa shape index (κ3) is 2.66. The minimum Gasteiger partial charge on any atom is -0.383 e. The molecule has 2 aromatic rings. The molecule has 0 aliphatic carbocycles. The molecule has 0 aromatic carbocycles. The summed E-state index contributed by atoms with van der Waals surface area (Å²) in [6.45, 7) is 5.47. The van der Waals surface area contributed by atoms with Gasteiger partial charge in [0.25, 0.3) is 0 Å². The van der Waals surface area contributed by atoms with Gasteiger partial charge in [0.2, 0.25) is 0 Å². The SMILES string of the molecule is CCN(C)c1nc2sccn2c1CNCCOC. The standard InChI is InChI=1S/C12H20N4OS/c1-4-15(2)11-10(9-13-5-7-17-3)16-6-8-18-12(16)14-11/h6,8,13H,4-5,7,9H2,1-3H3. The van der Waals surface area contributed by atoms with Crippen molar-refractivity contribution >= 4 is 22.1 Å². The summed E-state index contributed by atoms with van der Waals surface area (Å²) >= 11 is 1.67. The summed E-state index contributed by atoms with van der Waals surface area (Å²) in [5.74, 6) is 1.06. The van der Waals surface area contributed by atoms with Crippen LogP contribution in [0.15, 0.2) is 11.6 Å². The number of anilines is 1. The Morgan fingerprint density at radius 2 is 2.39 bits per heavy atom. The largest absolute Gasteiger partial charge is 0.383 e. The van der Waals surface area contributed by atoms with E-state index in [-0.39, 0.29) is 0 Å². The number of nitrogens with zero attached hydrogens (tertiary/aromatic N) is 3. The van der Waals surface area contributed by atoms with Gasteiger partial charge in [0.1, 0.15) is 0 Å². The van der Waals surface area contributed by atoms with Crippen LogP contribution in [0.3, 0.4) is 0 Å². The van der Waals surface area contributed by atoms with Gasteiger partial charge in [-0.1, -0.05) is 0 Å². The fraction of sp³-hybridized carbons (Fsp3) is 0.583. The van der Waals surface area contributed by atoms with Crippen LogP contribution in [0.2, 0.25) is 0 Å². The van der Waals surface area contributed by atoms with Crippen LogP contribution in [0, 0.1) is 0 Å². The Bertz CT molecular complexity index is 493. The highest BCUT2D eigenvalue weighted by molar-refractivity contribution is 7.15. The molecule has 0 radical (unpaired) electrons. The van der Waals surface area contributed by atoms with Crippen molar-refractivity contribution in [3.05, 3.63) is 17.3 Å². The fourth-order valence-electron chi connectivity index (χ4n) is 1.82. The van der Waals surface area contributed by atoms with Crippen molar-refractivity contribution in [2.24, 2.45) is 0 Å². The second-order valence-corrected chi connectivity index (χ2v) is 4.99. The molecule has 0 unspecified atom stereocenters. The maximum atomic E-state index is 5.04. The highest BCUT2D eigenvalue weighted by Crippen LogP contribution is 2.23. The number of hydrogen-bond acceptors (Lipinski definition) is 5. The van der Waals surface area contributed by atoms with E-state index >= 15 is 0 Å². The third-order valence-corrected chi connectivity index (χ3v) is 3.71. The second-order valence-electron chi connectivity index (χ2n) is 4.12. The van der Waals surface area contributed by atoms with Crippen LogP contribution < -0.4 is 10.2 Å². The van der Waals surface area contributed by atoms with Crippen LogP contribution in [0.5, 0.6) is 0 Å². The van der Waals surface area contributed by atoms with E-state index in [4.69, 9.17) is 4.74 Å². The van der Waals surface area contributed by atoms with Gasteiger partial charge >= 0.3 is 0 Å². The monoisotopic (exact) mass is 268 g/mol. The summed E-state index contributed by atoms with van der Waals surface area (Å²) in [4.78, 5) is 7.90. The maximum Gasteiger partial charge on any atom is 0.195 e. The van der Waals surface area contributed by atoms with Crippen molar-refractivity contribution in [1.82, 2.24) is 14.7 Å². The quantitative estimate of drug-likeness (QED) is 0.774.